The van der Waals surface area contributed by atoms with Gasteiger partial charge in [-0.25, -0.2) is 4.39 Å². The Hall–Kier alpha value is -0.910. The van der Waals surface area contributed by atoms with E-state index in [1.165, 1.54) is 12.1 Å². The molecule has 2 aromatic rings. The smallest absolute Gasteiger partial charge is 0.133 e. The van der Waals surface area contributed by atoms with Crippen LogP contribution < -0.4 is 10.5 Å². The lowest BCUT2D eigenvalue weighted by atomic mass is 9.99. The van der Waals surface area contributed by atoms with Crippen molar-refractivity contribution in [2.75, 3.05) is 7.11 Å². The molecular formula is C15H14Br2FNO. The van der Waals surface area contributed by atoms with Gasteiger partial charge in [0.2, 0.25) is 0 Å². The summed E-state index contributed by atoms with van der Waals surface area (Å²) in [5, 5.41) is 0. The molecule has 0 aliphatic rings. The van der Waals surface area contributed by atoms with E-state index in [4.69, 9.17) is 10.5 Å². The van der Waals surface area contributed by atoms with E-state index >= 15 is 0 Å². The summed E-state index contributed by atoms with van der Waals surface area (Å²) < 4.78 is 20.1. The molecule has 0 saturated carbocycles. The van der Waals surface area contributed by atoms with Crippen LogP contribution >= 0.6 is 31.9 Å². The molecule has 0 spiro atoms. The fraction of sp³-hybridized carbons (Fsp3) is 0.200. The number of rotatable bonds is 4. The maximum absolute atomic E-state index is 13.4. The summed E-state index contributed by atoms with van der Waals surface area (Å²) in [5.41, 5.74) is 7.98. The Balaban J connectivity index is 2.18. The van der Waals surface area contributed by atoms with Gasteiger partial charge in [0, 0.05) is 10.5 Å². The van der Waals surface area contributed by atoms with E-state index < -0.39 is 0 Å². The minimum Gasteiger partial charge on any atom is -0.496 e. The molecule has 1 unspecified atom stereocenters. The minimum absolute atomic E-state index is 0.262. The summed E-state index contributed by atoms with van der Waals surface area (Å²) in [5.74, 6) is 0.483. The SMILES string of the molecule is COc1ccc(CC(N)c2cc(F)cc(Br)c2)cc1Br. The Labute approximate surface area is 134 Å². The van der Waals surface area contributed by atoms with Gasteiger partial charge in [0.05, 0.1) is 11.6 Å². The van der Waals surface area contributed by atoms with Gasteiger partial charge < -0.3 is 10.5 Å². The van der Waals surface area contributed by atoms with Crippen LogP contribution in [0.4, 0.5) is 4.39 Å². The molecule has 0 bridgehead atoms. The standard InChI is InChI=1S/C15H14Br2FNO/c1-20-15-3-2-9(4-13(15)17)5-14(19)10-6-11(16)8-12(18)7-10/h2-4,6-8,14H,5,19H2,1H3. The van der Waals surface area contributed by atoms with E-state index in [0.29, 0.717) is 10.9 Å². The predicted molar refractivity (Wildman–Crippen MR) is 85.4 cm³/mol. The van der Waals surface area contributed by atoms with Gasteiger partial charge in [-0.15, -0.1) is 0 Å². The molecule has 0 heterocycles. The quantitative estimate of drug-likeness (QED) is 0.810. The van der Waals surface area contributed by atoms with Crippen LogP contribution in [0.15, 0.2) is 45.3 Å². The van der Waals surface area contributed by atoms with Gasteiger partial charge in [-0.2, -0.15) is 0 Å². The lowest BCUT2D eigenvalue weighted by Crippen LogP contribution is -2.13. The van der Waals surface area contributed by atoms with Crippen molar-refractivity contribution in [2.45, 2.75) is 12.5 Å². The largest absolute Gasteiger partial charge is 0.496 e. The monoisotopic (exact) mass is 401 g/mol. The number of hydrogen-bond donors (Lipinski definition) is 1. The molecule has 2 rings (SSSR count). The topological polar surface area (TPSA) is 35.2 Å². The average molecular weight is 403 g/mol. The van der Waals surface area contributed by atoms with E-state index in [9.17, 15) is 4.39 Å². The van der Waals surface area contributed by atoms with Crippen molar-refractivity contribution in [2.24, 2.45) is 5.73 Å². The number of nitrogens with two attached hydrogens (primary N) is 1. The van der Waals surface area contributed by atoms with Crippen LogP contribution in [0.1, 0.15) is 17.2 Å². The molecule has 0 saturated heterocycles. The first-order chi connectivity index (χ1) is 9.49. The summed E-state index contributed by atoms with van der Waals surface area (Å²) in [4.78, 5) is 0. The highest BCUT2D eigenvalue weighted by Crippen LogP contribution is 2.28. The lowest BCUT2D eigenvalue weighted by molar-refractivity contribution is 0.412. The maximum Gasteiger partial charge on any atom is 0.133 e. The van der Waals surface area contributed by atoms with Crippen molar-refractivity contribution in [3.8, 4) is 5.75 Å². The summed E-state index contributed by atoms with van der Waals surface area (Å²) in [6.07, 6.45) is 0.623. The Morgan fingerprint density at radius 3 is 2.55 bits per heavy atom. The fourth-order valence-corrected chi connectivity index (χ4v) is 3.07. The number of ether oxygens (including phenoxy) is 1. The summed E-state index contributed by atoms with van der Waals surface area (Å²) in [6, 6.07) is 10.3. The Morgan fingerprint density at radius 1 is 1.20 bits per heavy atom. The zero-order chi connectivity index (χ0) is 14.7. The highest BCUT2D eigenvalue weighted by atomic mass is 79.9. The van der Waals surface area contributed by atoms with Gasteiger partial charge in [0.25, 0.3) is 0 Å². The van der Waals surface area contributed by atoms with E-state index in [2.05, 4.69) is 31.9 Å². The zero-order valence-corrected chi connectivity index (χ0v) is 14.0. The normalized spacial score (nSPS) is 12.2. The number of benzene rings is 2. The van der Waals surface area contributed by atoms with Crippen LogP contribution in [-0.2, 0) is 6.42 Å². The third-order valence-electron chi connectivity index (χ3n) is 2.98. The van der Waals surface area contributed by atoms with E-state index in [1.807, 2.05) is 24.3 Å². The zero-order valence-electron chi connectivity index (χ0n) is 10.9. The Bertz CT molecular complexity index is 599. The summed E-state index contributed by atoms with van der Waals surface area (Å²) >= 11 is 6.72. The Kier molecular flexibility index (Phi) is 5.18. The predicted octanol–water partition coefficient (Wildman–Crippen LogP) is 4.60. The van der Waals surface area contributed by atoms with Crippen molar-refractivity contribution < 1.29 is 9.13 Å². The molecule has 2 N–H and O–H groups in total. The average Bonchev–Trinajstić information content (AvgIpc) is 2.37. The molecule has 0 aromatic heterocycles. The molecule has 0 radical (unpaired) electrons. The molecule has 5 heteroatoms. The molecule has 1 atom stereocenters. The first-order valence-electron chi connectivity index (χ1n) is 6.03. The minimum atomic E-state index is -0.291. The van der Waals surface area contributed by atoms with Crippen molar-refractivity contribution in [1.82, 2.24) is 0 Å². The first-order valence-corrected chi connectivity index (χ1v) is 7.62. The second-order valence-electron chi connectivity index (χ2n) is 4.48. The highest BCUT2D eigenvalue weighted by molar-refractivity contribution is 9.10. The lowest BCUT2D eigenvalue weighted by Gasteiger charge is -2.14. The van der Waals surface area contributed by atoms with Crippen LogP contribution in [0.25, 0.3) is 0 Å². The number of hydrogen-bond acceptors (Lipinski definition) is 2. The van der Waals surface area contributed by atoms with E-state index in [1.54, 1.807) is 7.11 Å². The van der Waals surface area contributed by atoms with Gasteiger partial charge in [0.1, 0.15) is 11.6 Å². The van der Waals surface area contributed by atoms with Gasteiger partial charge >= 0.3 is 0 Å². The summed E-state index contributed by atoms with van der Waals surface area (Å²) in [6.45, 7) is 0. The van der Waals surface area contributed by atoms with E-state index in [0.717, 1.165) is 21.3 Å². The molecule has 2 nitrogen and oxygen atoms in total. The van der Waals surface area contributed by atoms with Gasteiger partial charge in [-0.3, -0.25) is 0 Å². The van der Waals surface area contributed by atoms with Crippen LogP contribution in [0.2, 0.25) is 0 Å². The molecular weight excluding hydrogens is 389 g/mol. The fourth-order valence-electron chi connectivity index (χ4n) is 2.00. The summed E-state index contributed by atoms with van der Waals surface area (Å²) in [7, 11) is 1.62. The van der Waals surface area contributed by atoms with Crippen molar-refractivity contribution >= 4 is 31.9 Å². The van der Waals surface area contributed by atoms with Crippen LogP contribution in [-0.4, -0.2) is 7.11 Å². The number of methoxy groups -OCH3 is 1. The third-order valence-corrected chi connectivity index (χ3v) is 4.06. The van der Waals surface area contributed by atoms with Gasteiger partial charge in [-0.1, -0.05) is 22.0 Å². The van der Waals surface area contributed by atoms with E-state index in [-0.39, 0.29) is 11.9 Å². The molecule has 2 aromatic carbocycles. The number of halogens is 3. The second-order valence-corrected chi connectivity index (χ2v) is 6.25. The molecule has 0 aliphatic heterocycles. The van der Waals surface area contributed by atoms with Crippen LogP contribution in [0, 0.1) is 5.82 Å². The molecule has 0 amide bonds. The Morgan fingerprint density at radius 2 is 1.95 bits per heavy atom. The second kappa shape index (κ2) is 6.70. The highest BCUT2D eigenvalue weighted by Gasteiger charge is 2.11. The molecule has 106 valence electrons. The van der Waals surface area contributed by atoms with Crippen molar-refractivity contribution in [3.63, 3.8) is 0 Å². The van der Waals surface area contributed by atoms with Gasteiger partial charge in [-0.05, 0) is 63.8 Å². The molecule has 20 heavy (non-hydrogen) atoms. The molecule has 0 fully saturated rings. The van der Waals surface area contributed by atoms with Crippen molar-refractivity contribution in [1.29, 1.82) is 0 Å². The molecule has 0 aliphatic carbocycles. The first kappa shape index (κ1) is 15.5. The third kappa shape index (κ3) is 3.81. The van der Waals surface area contributed by atoms with Crippen LogP contribution in [0.3, 0.4) is 0 Å². The maximum atomic E-state index is 13.4. The van der Waals surface area contributed by atoms with Gasteiger partial charge in [0.15, 0.2) is 0 Å². The van der Waals surface area contributed by atoms with Crippen molar-refractivity contribution in [3.05, 3.63) is 62.3 Å². The van der Waals surface area contributed by atoms with Crippen LogP contribution in [0.5, 0.6) is 5.75 Å².